The first-order valence-corrected chi connectivity index (χ1v) is 10.6. The van der Waals surface area contributed by atoms with Gasteiger partial charge < -0.3 is 19.9 Å². The lowest BCUT2D eigenvalue weighted by Crippen LogP contribution is -2.37. The van der Waals surface area contributed by atoms with Crippen molar-refractivity contribution < 1.29 is 23.8 Å². The highest BCUT2D eigenvalue weighted by Crippen LogP contribution is 2.26. The van der Waals surface area contributed by atoms with Crippen LogP contribution in [0.15, 0.2) is 49.1 Å². The maximum atomic E-state index is 14.1. The summed E-state index contributed by atoms with van der Waals surface area (Å²) >= 11 is 5.84. The lowest BCUT2D eigenvalue weighted by atomic mass is 10.2. The number of halogens is 2. The van der Waals surface area contributed by atoms with Gasteiger partial charge in [-0.2, -0.15) is 5.10 Å². The van der Waals surface area contributed by atoms with Crippen LogP contribution in [0.3, 0.4) is 0 Å². The predicted molar refractivity (Wildman–Crippen MR) is 122 cm³/mol. The van der Waals surface area contributed by atoms with Crippen molar-refractivity contribution in [2.45, 2.75) is 13.0 Å². The predicted octanol–water partition coefficient (Wildman–Crippen LogP) is 2.71. The monoisotopic (exact) mass is 486 g/mol. The number of fused-ring (bicyclic) bond motifs is 1. The summed E-state index contributed by atoms with van der Waals surface area (Å²) in [6.07, 6.45) is 2.99. The number of carbonyl (C=O) groups is 1. The van der Waals surface area contributed by atoms with Crippen molar-refractivity contribution in [2.75, 3.05) is 25.1 Å². The SMILES string of the molecule is Cc1c(F)cccc1-n1ncc2c(O[C@@H](COCCO)C(=O)Nc3ccc(Cl)cn3)ncnc21. The Balaban J connectivity index is 1.62. The molecule has 0 radical (unpaired) electrons. The zero-order valence-corrected chi connectivity index (χ0v) is 18.7. The number of aliphatic hydroxyl groups excluding tert-OH is 1. The minimum Gasteiger partial charge on any atom is -0.461 e. The highest BCUT2D eigenvalue weighted by Gasteiger charge is 2.24. The quantitative estimate of drug-likeness (QED) is 0.346. The minimum absolute atomic E-state index is 0.0162. The zero-order chi connectivity index (χ0) is 24.1. The van der Waals surface area contributed by atoms with E-state index in [1.165, 1.54) is 29.5 Å². The molecule has 2 N–H and O–H groups in total. The summed E-state index contributed by atoms with van der Waals surface area (Å²) < 4.78 is 26.8. The Hall–Kier alpha value is -3.67. The standard InChI is InChI=1S/C22H20ClFN6O4/c1-13-16(24)3-2-4-17(13)30-20-15(10-28-30)22(27-12-26-20)34-18(11-33-8-7-31)21(32)29-19-6-5-14(23)9-25-19/h2-6,9-10,12,18,31H,7-8,11H2,1H3,(H,25,29,32)/t18-/m0/s1. The number of anilines is 1. The normalized spacial score (nSPS) is 12.0. The summed E-state index contributed by atoms with van der Waals surface area (Å²) in [7, 11) is 0. The van der Waals surface area contributed by atoms with E-state index >= 15 is 0 Å². The summed E-state index contributed by atoms with van der Waals surface area (Å²) in [5, 5.41) is 16.8. The summed E-state index contributed by atoms with van der Waals surface area (Å²) in [5.74, 6) is -0.567. The van der Waals surface area contributed by atoms with E-state index in [1.807, 2.05) is 0 Å². The molecular formula is C22H20ClFN6O4. The molecule has 0 saturated heterocycles. The molecule has 0 aliphatic heterocycles. The molecule has 176 valence electrons. The average Bonchev–Trinajstić information content (AvgIpc) is 3.26. The molecule has 3 aromatic heterocycles. The number of nitrogens with one attached hydrogen (secondary N) is 1. The molecule has 1 aromatic carbocycles. The zero-order valence-electron chi connectivity index (χ0n) is 18.0. The van der Waals surface area contributed by atoms with Crippen LogP contribution in [0.5, 0.6) is 5.88 Å². The number of hydrogen-bond donors (Lipinski definition) is 2. The number of carbonyl (C=O) groups excluding carboxylic acids is 1. The highest BCUT2D eigenvalue weighted by molar-refractivity contribution is 6.30. The third-order valence-electron chi connectivity index (χ3n) is 4.83. The molecule has 12 heteroatoms. The third-order valence-corrected chi connectivity index (χ3v) is 5.05. The fourth-order valence-corrected chi connectivity index (χ4v) is 3.24. The van der Waals surface area contributed by atoms with Crippen LogP contribution < -0.4 is 10.1 Å². The van der Waals surface area contributed by atoms with Crippen LogP contribution in [0.1, 0.15) is 5.56 Å². The van der Waals surface area contributed by atoms with Crippen molar-refractivity contribution in [1.29, 1.82) is 0 Å². The molecule has 34 heavy (non-hydrogen) atoms. The molecule has 0 unspecified atom stereocenters. The maximum absolute atomic E-state index is 14.1. The van der Waals surface area contributed by atoms with Crippen LogP contribution in [-0.4, -0.2) is 61.7 Å². The second-order valence-electron chi connectivity index (χ2n) is 7.11. The number of pyridine rings is 1. The van der Waals surface area contributed by atoms with E-state index < -0.39 is 12.0 Å². The summed E-state index contributed by atoms with van der Waals surface area (Å²) in [6.45, 7) is 1.27. The number of hydrogen-bond acceptors (Lipinski definition) is 8. The van der Waals surface area contributed by atoms with E-state index in [-0.39, 0.29) is 37.3 Å². The van der Waals surface area contributed by atoms with Crippen LogP contribution in [0.25, 0.3) is 16.7 Å². The van der Waals surface area contributed by atoms with Gasteiger partial charge in [-0.15, -0.1) is 0 Å². The van der Waals surface area contributed by atoms with Gasteiger partial charge >= 0.3 is 0 Å². The third kappa shape index (κ3) is 5.11. The first kappa shape index (κ1) is 23.5. The van der Waals surface area contributed by atoms with Crippen LogP contribution in [0.4, 0.5) is 10.2 Å². The lowest BCUT2D eigenvalue weighted by molar-refractivity contribution is -0.125. The van der Waals surface area contributed by atoms with Crippen molar-refractivity contribution in [3.05, 3.63) is 65.5 Å². The largest absolute Gasteiger partial charge is 0.461 e. The topological polar surface area (TPSA) is 124 Å². The van der Waals surface area contributed by atoms with Gasteiger partial charge in [0.2, 0.25) is 12.0 Å². The molecule has 4 rings (SSSR count). The van der Waals surface area contributed by atoms with E-state index in [1.54, 1.807) is 31.2 Å². The van der Waals surface area contributed by atoms with Gasteiger partial charge in [-0.1, -0.05) is 17.7 Å². The van der Waals surface area contributed by atoms with Crippen molar-refractivity contribution >= 4 is 34.4 Å². The summed E-state index contributed by atoms with van der Waals surface area (Å²) in [4.78, 5) is 25.3. The Morgan fingerprint density at radius 1 is 1.24 bits per heavy atom. The highest BCUT2D eigenvalue weighted by atomic mass is 35.5. The summed E-state index contributed by atoms with van der Waals surface area (Å²) in [5.41, 5.74) is 1.28. The van der Waals surface area contributed by atoms with Crippen molar-refractivity contribution in [2.24, 2.45) is 0 Å². The van der Waals surface area contributed by atoms with Crippen molar-refractivity contribution in [3.63, 3.8) is 0 Å². The van der Waals surface area contributed by atoms with E-state index in [4.69, 9.17) is 26.2 Å². The van der Waals surface area contributed by atoms with Gasteiger partial charge in [0.15, 0.2) is 5.65 Å². The molecule has 0 fully saturated rings. The number of nitrogens with zero attached hydrogens (tertiary/aromatic N) is 5. The van der Waals surface area contributed by atoms with Crippen LogP contribution in [0.2, 0.25) is 5.02 Å². The smallest absolute Gasteiger partial charge is 0.269 e. The average molecular weight is 487 g/mol. The Morgan fingerprint density at radius 3 is 2.85 bits per heavy atom. The second-order valence-corrected chi connectivity index (χ2v) is 7.55. The molecule has 0 bridgehead atoms. The fraction of sp³-hybridized carbons (Fsp3) is 0.227. The number of benzene rings is 1. The number of amides is 1. The second kappa shape index (κ2) is 10.5. The molecule has 1 atom stereocenters. The Labute approximate surface area is 198 Å². The molecule has 3 heterocycles. The molecular weight excluding hydrogens is 467 g/mol. The molecule has 4 aromatic rings. The lowest BCUT2D eigenvalue weighted by Gasteiger charge is -2.18. The van der Waals surface area contributed by atoms with Gasteiger partial charge in [0, 0.05) is 11.8 Å². The molecule has 10 nitrogen and oxygen atoms in total. The van der Waals surface area contributed by atoms with E-state index in [9.17, 15) is 9.18 Å². The minimum atomic E-state index is -1.14. The number of aliphatic hydroxyl groups is 1. The van der Waals surface area contributed by atoms with E-state index in [2.05, 4.69) is 25.4 Å². The van der Waals surface area contributed by atoms with Crippen LogP contribution in [0, 0.1) is 12.7 Å². The van der Waals surface area contributed by atoms with Crippen LogP contribution >= 0.6 is 11.6 Å². The molecule has 0 aliphatic carbocycles. The van der Waals surface area contributed by atoms with E-state index in [0.717, 1.165) is 0 Å². The number of rotatable bonds is 9. The number of aromatic nitrogens is 5. The van der Waals surface area contributed by atoms with Gasteiger partial charge in [0.05, 0.1) is 36.7 Å². The molecule has 0 spiro atoms. The number of ether oxygens (including phenoxy) is 2. The molecule has 0 aliphatic rings. The van der Waals surface area contributed by atoms with Crippen molar-refractivity contribution in [1.82, 2.24) is 24.7 Å². The van der Waals surface area contributed by atoms with Gasteiger partial charge in [0.1, 0.15) is 23.3 Å². The van der Waals surface area contributed by atoms with E-state index in [0.29, 0.717) is 27.3 Å². The Kier molecular flexibility index (Phi) is 7.26. The maximum Gasteiger partial charge on any atom is 0.269 e. The van der Waals surface area contributed by atoms with Crippen LogP contribution in [-0.2, 0) is 9.53 Å². The first-order valence-electron chi connectivity index (χ1n) is 10.2. The molecule has 1 amide bonds. The van der Waals surface area contributed by atoms with Gasteiger partial charge in [-0.05, 0) is 31.2 Å². The van der Waals surface area contributed by atoms with Gasteiger partial charge in [0.25, 0.3) is 5.91 Å². The Morgan fingerprint density at radius 2 is 2.09 bits per heavy atom. The summed E-state index contributed by atoms with van der Waals surface area (Å²) in [6, 6.07) is 7.78. The van der Waals surface area contributed by atoms with Gasteiger partial charge in [-0.25, -0.2) is 24.0 Å². The molecule has 0 saturated carbocycles. The first-order chi connectivity index (χ1) is 16.5. The van der Waals surface area contributed by atoms with Crippen molar-refractivity contribution in [3.8, 4) is 11.6 Å². The Bertz CT molecular complexity index is 1300. The van der Waals surface area contributed by atoms with Gasteiger partial charge in [-0.3, -0.25) is 4.79 Å². The fourth-order valence-electron chi connectivity index (χ4n) is 3.13.